The monoisotopic (exact) mass is 405 g/mol. The Morgan fingerprint density at radius 1 is 1.31 bits per heavy atom. The van der Waals surface area contributed by atoms with Crippen LogP contribution in [0.2, 0.25) is 0 Å². The highest BCUT2D eigenvalue weighted by Gasteiger charge is 2.29. The first-order valence-corrected chi connectivity index (χ1v) is 10.4. The summed E-state index contributed by atoms with van der Waals surface area (Å²) in [5, 5.41) is 9.99. The van der Waals surface area contributed by atoms with Crippen LogP contribution in [-0.2, 0) is 33.9 Å². The van der Waals surface area contributed by atoms with Crippen molar-refractivity contribution in [3.8, 4) is 5.75 Å². The largest absolute Gasteiger partial charge is 0.508 e. The van der Waals surface area contributed by atoms with E-state index in [4.69, 9.17) is 15.2 Å². The minimum absolute atomic E-state index is 0.0439. The number of ether oxygens (including phenoxy) is 2. The minimum Gasteiger partial charge on any atom is -0.508 e. The van der Waals surface area contributed by atoms with Crippen molar-refractivity contribution < 1.29 is 23.9 Å². The molecule has 0 bridgehead atoms. The molecule has 3 N–H and O–H groups in total. The molecule has 1 aromatic carbocycles. The molecule has 0 unspecified atom stereocenters. The van der Waals surface area contributed by atoms with Crippen molar-refractivity contribution in [3.05, 3.63) is 24.0 Å². The molecule has 1 aliphatic rings. The minimum atomic E-state index is 0.0439. The van der Waals surface area contributed by atoms with Gasteiger partial charge in [0, 0.05) is 32.2 Å². The summed E-state index contributed by atoms with van der Waals surface area (Å²) in [4.78, 5) is 14.2. The SMILES string of the molecule is CC[n+]1c(CN)n(CC2CCN(C(=O)COCCOC)CC2)c2cc(O)ccc21. The van der Waals surface area contributed by atoms with Gasteiger partial charge in [-0.1, -0.05) is 0 Å². The van der Waals surface area contributed by atoms with Crippen LogP contribution in [0.3, 0.4) is 0 Å². The number of nitrogens with zero attached hydrogens (tertiary/aromatic N) is 3. The number of phenols is 1. The number of imidazole rings is 1. The number of hydrogen-bond acceptors (Lipinski definition) is 5. The lowest BCUT2D eigenvalue weighted by molar-refractivity contribution is -0.676. The number of carbonyl (C=O) groups excluding carboxylic acids is 1. The summed E-state index contributed by atoms with van der Waals surface area (Å²) in [7, 11) is 1.61. The molecule has 1 amide bonds. The maximum atomic E-state index is 12.3. The Kier molecular flexibility index (Phi) is 7.46. The molecule has 1 saturated heterocycles. The van der Waals surface area contributed by atoms with E-state index in [9.17, 15) is 9.90 Å². The Bertz CT molecular complexity index is 828. The smallest absolute Gasteiger partial charge is 0.271 e. The van der Waals surface area contributed by atoms with Crippen LogP contribution in [0.25, 0.3) is 11.0 Å². The van der Waals surface area contributed by atoms with Gasteiger partial charge in [-0.2, -0.15) is 0 Å². The maximum Gasteiger partial charge on any atom is 0.271 e. The fraction of sp³-hybridized carbons (Fsp3) is 0.619. The number of methoxy groups -OCH3 is 1. The number of likely N-dealkylation sites (tertiary alicyclic amines) is 1. The number of phenolic OH excluding ortho intramolecular Hbond substituents is 1. The summed E-state index contributed by atoms with van der Waals surface area (Å²) in [5.41, 5.74) is 8.18. The molecule has 160 valence electrons. The number of aromatic nitrogens is 2. The van der Waals surface area contributed by atoms with E-state index in [2.05, 4.69) is 16.1 Å². The van der Waals surface area contributed by atoms with Crippen molar-refractivity contribution >= 4 is 16.9 Å². The van der Waals surface area contributed by atoms with E-state index >= 15 is 0 Å². The number of aromatic hydroxyl groups is 1. The van der Waals surface area contributed by atoms with E-state index in [0.717, 1.165) is 55.9 Å². The van der Waals surface area contributed by atoms with Gasteiger partial charge in [-0.15, -0.1) is 0 Å². The number of carbonyl (C=O) groups is 1. The number of benzene rings is 1. The highest BCUT2D eigenvalue weighted by Crippen LogP contribution is 2.25. The Hall–Kier alpha value is -2.16. The Morgan fingerprint density at radius 3 is 2.72 bits per heavy atom. The van der Waals surface area contributed by atoms with E-state index in [1.165, 1.54) is 0 Å². The fourth-order valence-electron chi connectivity index (χ4n) is 4.17. The summed E-state index contributed by atoms with van der Waals surface area (Å²) in [6, 6.07) is 5.49. The average molecular weight is 406 g/mol. The highest BCUT2D eigenvalue weighted by atomic mass is 16.5. The fourth-order valence-corrected chi connectivity index (χ4v) is 4.17. The Balaban J connectivity index is 1.65. The molecule has 8 heteroatoms. The molecule has 0 spiro atoms. The molecule has 2 aromatic rings. The zero-order chi connectivity index (χ0) is 20.8. The molecule has 1 aliphatic heterocycles. The molecule has 3 rings (SSSR count). The predicted octanol–water partition coefficient (Wildman–Crippen LogP) is 1.01. The lowest BCUT2D eigenvalue weighted by Crippen LogP contribution is -2.42. The number of hydrogen-bond donors (Lipinski definition) is 2. The maximum absolute atomic E-state index is 12.3. The zero-order valence-corrected chi connectivity index (χ0v) is 17.5. The average Bonchev–Trinajstić information content (AvgIpc) is 3.03. The van der Waals surface area contributed by atoms with E-state index in [0.29, 0.717) is 25.7 Å². The predicted molar refractivity (Wildman–Crippen MR) is 109 cm³/mol. The number of aryl methyl sites for hydroxylation is 1. The van der Waals surface area contributed by atoms with Crippen molar-refractivity contribution in [2.24, 2.45) is 11.7 Å². The summed E-state index contributed by atoms with van der Waals surface area (Å²) >= 11 is 0. The highest BCUT2D eigenvalue weighted by molar-refractivity contribution is 5.77. The van der Waals surface area contributed by atoms with Gasteiger partial charge >= 0.3 is 0 Å². The van der Waals surface area contributed by atoms with E-state index in [1.807, 2.05) is 17.0 Å². The van der Waals surface area contributed by atoms with Crippen LogP contribution in [-0.4, -0.2) is 60.5 Å². The lowest BCUT2D eigenvalue weighted by Gasteiger charge is -2.31. The first-order chi connectivity index (χ1) is 14.1. The summed E-state index contributed by atoms with van der Waals surface area (Å²) in [6.45, 7) is 6.75. The molecule has 2 heterocycles. The number of fused-ring (bicyclic) bond motifs is 1. The first-order valence-electron chi connectivity index (χ1n) is 10.4. The van der Waals surface area contributed by atoms with Gasteiger partial charge in [-0.25, -0.2) is 9.13 Å². The third-order valence-electron chi connectivity index (χ3n) is 5.73. The standard InChI is InChI=1S/C21H32N4O4/c1-3-24-18-5-4-17(26)12-19(18)25(20(24)13-22)14-16-6-8-23(9-7-16)21(27)15-29-11-10-28-2/h4-5,12,16H,3,6-11,13-15,22H2,1-2H3/p+1. The second kappa shape index (κ2) is 10.0. The zero-order valence-electron chi connectivity index (χ0n) is 17.5. The van der Waals surface area contributed by atoms with Gasteiger partial charge in [0.25, 0.3) is 5.82 Å². The van der Waals surface area contributed by atoms with Crippen molar-refractivity contribution in [1.29, 1.82) is 0 Å². The second-order valence-electron chi connectivity index (χ2n) is 7.52. The topological polar surface area (TPSA) is 93.8 Å². The molecular weight excluding hydrogens is 372 g/mol. The quantitative estimate of drug-likeness (QED) is 0.480. The van der Waals surface area contributed by atoms with Crippen LogP contribution in [0.5, 0.6) is 5.75 Å². The summed E-state index contributed by atoms with van der Waals surface area (Å²) in [6.07, 6.45) is 1.89. The first kappa shape index (κ1) is 21.5. The van der Waals surface area contributed by atoms with Crippen molar-refractivity contribution in [1.82, 2.24) is 9.47 Å². The van der Waals surface area contributed by atoms with E-state index in [-0.39, 0.29) is 18.3 Å². The van der Waals surface area contributed by atoms with E-state index in [1.54, 1.807) is 13.2 Å². The molecule has 0 saturated carbocycles. The van der Waals surface area contributed by atoms with Gasteiger partial charge in [-0.3, -0.25) is 4.79 Å². The second-order valence-corrected chi connectivity index (χ2v) is 7.52. The van der Waals surface area contributed by atoms with Crippen LogP contribution in [0.1, 0.15) is 25.6 Å². The molecule has 1 aromatic heterocycles. The molecule has 0 radical (unpaired) electrons. The number of amides is 1. The third-order valence-corrected chi connectivity index (χ3v) is 5.73. The van der Waals surface area contributed by atoms with Crippen molar-refractivity contribution in [2.75, 3.05) is 40.0 Å². The van der Waals surface area contributed by atoms with Gasteiger partial charge in [0.05, 0.1) is 32.8 Å². The number of nitrogens with two attached hydrogens (primary N) is 1. The summed E-state index contributed by atoms with van der Waals surface area (Å²) < 4.78 is 14.7. The molecular formula is C21H33N4O4+. The van der Waals surface area contributed by atoms with Crippen LogP contribution in [0, 0.1) is 5.92 Å². The molecule has 8 nitrogen and oxygen atoms in total. The van der Waals surface area contributed by atoms with Crippen LogP contribution < -0.4 is 10.3 Å². The van der Waals surface area contributed by atoms with E-state index < -0.39 is 0 Å². The van der Waals surface area contributed by atoms with Crippen molar-refractivity contribution in [3.63, 3.8) is 0 Å². The third kappa shape index (κ3) is 4.88. The Labute approximate surface area is 171 Å². The van der Waals surface area contributed by atoms with Crippen molar-refractivity contribution in [2.45, 2.75) is 39.4 Å². The molecule has 0 aliphatic carbocycles. The normalized spacial score (nSPS) is 15.3. The van der Waals surface area contributed by atoms with Gasteiger partial charge in [0.15, 0.2) is 11.0 Å². The van der Waals surface area contributed by atoms with Gasteiger partial charge in [-0.05, 0) is 31.9 Å². The lowest BCUT2D eigenvalue weighted by atomic mass is 9.96. The summed E-state index contributed by atoms with van der Waals surface area (Å²) in [5.74, 6) is 1.83. The van der Waals surface area contributed by atoms with Crippen LogP contribution in [0.15, 0.2) is 18.2 Å². The van der Waals surface area contributed by atoms with Gasteiger partial charge in [0.1, 0.15) is 12.4 Å². The molecule has 29 heavy (non-hydrogen) atoms. The van der Waals surface area contributed by atoms with Crippen LogP contribution >= 0.6 is 0 Å². The van der Waals surface area contributed by atoms with Crippen LogP contribution in [0.4, 0.5) is 0 Å². The molecule has 0 atom stereocenters. The van der Waals surface area contributed by atoms with Gasteiger partial charge < -0.3 is 25.2 Å². The number of rotatable bonds is 9. The molecule has 1 fully saturated rings. The van der Waals surface area contributed by atoms with Gasteiger partial charge in [0.2, 0.25) is 5.91 Å². The Morgan fingerprint density at radius 2 is 2.07 bits per heavy atom. The number of piperidine rings is 1.